The SMILES string of the molecule is N=C1NC(=O)/C(=C/c2cc([N+](=O)[O-])ccc2OCc2cccc(Cl)c2)S1. The minimum atomic E-state index is -0.521. The van der Waals surface area contributed by atoms with Crippen molar-refractivity contribution in [2.45, 2.75) is 6.61 Å². The molecular formula is C17H12ClN3O4S. The second-order valence-corrected chi connectivity index (χ2v) is 6.78. The zero-order valence-corrected chi connectivity index (χ0v) is 14.8. The number of benzene rings is 2. The van der Waals surface area contributed by atoms with E-state index < -0.39 is 10.8 Å². The van der Waals surface area contributed by atoms with E-state index in [1.165, 1.54) is 24.3 Å². The van der Waals surface area contributed by atoms with E-state index in [1.807, 2.05) is 6.07 Å². The Morgan fingerprint density at radius 3 is 2.77 bits per heavy atom. The van der Waals surface area contributed by atoms with Crippen LogP contribution in [0.25, 0.3) is 6.08 Å². The third-order valence-electron chi connectivity index (χ3n) is 3.44. The van der Waals surface area contributed by atoms with Gasteiger partial charge in [-0.25, -0.2) is 0 Å². The molecule has 0 spiro atoms. The van der Waals surface area contributed by atoms with Crippen molar-refractivity contribution in [1.82, 2.24) is 5.32 Å². The lowest BCUT2D eigenvalue weighted by molar-refractivity contribution is -0.384. The molecule has 0 unspecified atom stereocenters. The molecule has 2 N–H and O–H groups in total. The van der Waals surface area contributed by atoms with Gasteiger partial charge in [-0.3, -0.25) is 20.3 Å². The standard InChI is InChI=1S/C17H12ClN3O4S/c18-12-3-1-2-10(6-12)9-25-14-5-4-13(21(23)24)7-11(14)8-15-16(22)20-17(19)26-15/h1-8H,9H2,(H2,19,20,22)/b15-8-. The topological polar surface area (TPSA) is 105 Å². The van der Waals surface area contributed by atoms with Crippen molar-refractivity contribution in [1.29, 1.82) is 5.41 Å². The average molecular weight is 390 g/mol. The van der Waals surface area contributed by atoms with Gasteiger partial charge in [-0.1, -0.05) is 23.7 Å². The summed E-state index contributed by atoms with van der Waals surface area (Å²) in [6, 6.07) is 11.3. The highest BCUT2D eigenvalue weighted by Gasteiger charge is 2.23. The molecule has 132 valence electrons. The molecule has 1 aliphatic heterocycles. The molecule has 0 aromatic heterocycles. The highest BCUT2D eigenvalue weighted by atomic mass is 35.5. The summed E-state index contributed by atoms with van der Waals surface area (Å²) in [6.07, 6.45) is 1.47. The Morgan fingerprint density at radius 2 is 2.12 bits per heavy atom. The van der Waals surface area contributed by atoms with Crippen molar-refractivity contribution >= 4 is 46.2 Å². The maximum atomic E-state index is 11.8. The van der Waals surface area contributed by atoms with E-state index in [2.05, 4.69) is 5.32 Å². The minimum Gasteiger partial charge on any atom is -0.488 e. The lowest BCUT2D eigenvalue weighted by atomic mass is 10.1. The third kappa shape index (κ3) is 4.22. The van der Waals surface area contributed by atoms with Gasteiger partial charge in [0.25, 0.3) is 11.6 Å². The third-order valence-corrected chi connectivity index (χ3v) is 4.50. The largest absolute Gasteiger partial charge is 0.488 e. The Bertz CT molecular complexity index is 945. The molecular weight excluding hydrogens is 378 g/mol. The van der Waals surface area contributed by atoms with Crippen molar-refractivity contribution in [3.63, 3.8) is 0 Å². The van der Waals surface area contributed by atoms with Gasteiger partial charge >= 0.3 is 0 Å². The maximum absolute atomic E-state index is 11.8. The summed E-state index contributed by atoms with van der Waals surface area (Å²) in [6.45, 7) is 0.212. The molecule has 0 aliphatic carbocycles. The van der Waals surface area contributed by atoms with Gasteiger partial charge in [0.2, 0.25) is 0 Å². The molecule has 0 bridgehead atoms. The molecule has 1 saturated heterocycles. The number of ether oxygens (including phenoxy) is 1. The molecule has 26 heavy (non-hydrogen) atoms. The average Bonchev–Trinajstić information content (AvgIpc) is 2.91. The van der Waals surface area contributed by atoms with E-state index in [4.69, 9.17) is 21.7 Å². The molecule has 1 amide bonds. The number of hydrogen-bond donors (Lipinski definition) is 2. The van der Waals surface area contributed by atoms with Crippen LogP contribution in [0.1, 0.15) is 11.1 Å². The lowest BCUT2D eigenvalue weighted by Crippen LogP contribution is -2.18. The first-order chi connectivity index (χ1) is 12.4. The monoisotopic (exact) mass is 389 g/mol. The molecule has 1 heterocycles. The molecule has 0 radical (unpaired) electrons. The fourth-order valence-corrected chi connectivity index (χ4v) is 3.17. The first-order valence-electron chi connectivity index (χ1n) is 7.37. The van der Waals surface area contributed by atoms with Crippen LogP contribution < -0.4 is 10.1 Å². The van der Waals surface area contributed by atoms with Crippen LogP contribution >= 0.6 is 23.4 Å². The first kappa shape index (κ1) is 18.0. The Labute approximate surface area is 157 Å². The van der Waals surface area contributed by atoms with Crippen LogP contribution in [0.5, 0.6) is 5.75 Å². The van der Waals surface area contributed by atoms with Gasteiger partial charge < -0.3 is 10.1 Å². The number of carbonyl (C=O) groups excluding carboxylic acids is 1. The van der Waals surface area contributed by atoms with Gasteiger partial charge in [-0.15, -0.1) is 0 Å². The minimum absolute atomic E-state index is 0.00748. The molecule has 3 rings (SSSR count). The number of halogens is 1. The van der Waals surface area contributed by atoms with Gasteiger partial charge in [0.05, 0.1) is 9.83 Å². The fraction of sp³-hybridized carbons (Fsp3) is 0.0588. The molecule has 1 fully saturated rings. The van der Waals surface area contributed by atoms with Crippen molar-refractivity contribution in [3.05, 3.63) is 73.6 Å². The molecule has 7 nitrogen and oxygen atoms in total. The van der Waals surface area contributed by atoms with Crippen molar-refractivity contribution in [2.75, 3.05) is 0 Å². The summed E-state index contributed by atoms with van der Waals surface area (Å²) in [4.78, 5) is 22.6. The number of nitrogens with zero attached hydrogens (tertiary/aromatic N) is 1. The number of nitro groups is 1. The number of nitro benzene ring substituents is 1. The van der Waals surface area contributed by atoms with Gasteiger partial charge in [0.15, 0.2) is 5.17 Å². The molecule has 0 atom stereocenters. The number of non-ortho nitro benzene ring substituents is 1. The van der Waals surface area contributed by atoms with Gasteiger partial charge in [0, 0.05) is 22.7 Å². The Hall–Kier alpha value is -2.84. The summed E-state index contributed by atoms with van der Waals surface area (Å²) >= 11 is 6.90. The second-order valence-electron chi connectivity index (χ2n) is 5.29. The summed E-state index contributed by atoms with van der Waals surface area (Å²) in [5.74, 6) is -0.0396. The van der Waals surface area contributed by atoms with Crippen molar-refractivity contribution in [2.24, 2.45) is 0 Å². The van der Waals surface area contributed by atoms with E-state index in [1.54, 1.807) is 18.2 Å². The predicted octanol–water partition coefficient (Wildman–Crippen LogP) is 3.97. The number of thioether (sulfide) groups is 1. The quantitative estimate of drug-likeness (QED) is 0.457. The fourth-order valence-electron chi connectivity index (χ4n) is 2.26. The number of nitrogens with one attached hydrogen (secondary N) is 2. The molecule has 2 aromatic rings. The molecule has 9 heteroatoms. The number of amides is 1. The van der Waals surface area contributed by atoms with Crippen molar-refractivity contribution < 1.29 is 14.5 Å². The van der Waals surface area contributed by atoms with Crippen LogP contribution in [0.2, 0.25) is 5.02 Å². The Kier molecular flexibility index (Phi) is 5.24. The van der Waals surface area contributed by atoms with Crippen LogP contribution in [0.15, 0.2) is 47.4 Å². The Balaban J connectivity index is 1.91. The van der Waals surface area contributed by atoms with E-state index in [-0.39, 0.29) is 22.4 Å². The number of rotatable bonds is 5. The number of amidine groups is 1. The summed E-state index contributed by atoms with van der Waals surface area (Å²) in [7, 11) is 0. The maximum Gasteiger partial charge on any atom is 0.270 e. The van der Waals surface area contributed by atoms with E-state index >= 15 is 0 Å². The Morgan fingerprint density at radius 1 is 1.31 bits per heavy atom. The van der Waals surface area contributed by atoms with E-state index in [9.17, 15) is 14.9 Å². The van der Waals surface area contributed by atoms with Crippen molar-refractivity contribution in [3.8, 4) is 5.75 Å². The lowest BCUT2D eigenvalue weighted by Gasteiger charge is -2.10. The predicted molar refractivity (Wildman–Crippen MR) is 100 cm³/mol. The number of hydrogen-bond acceptors (Lipinski definition) is 6. The first-order valence-corrected chi connectivity index (χ1v) is 8.57. The van der Waals surface area contributed by atoms with E-state index in [0.29, 0.717) is 16.3 Å². The summed E-state index contributed by atoms with van der Waals surface area (Å²) in [5, 5.41) is 21.5. The van der Waals surface area contributed by atoms with E-state index in [0.717, 1.165) is 17.3 Å². The van der Waals surface area contributed by atoms with Gasteiger partial charge in [0.1, 0.15) is 12.4 Å². The molecule has 2 aromatic carbocycles. The zero-order chi connectivity index (χ0) is 18.7. The van der Waals surface area contributed by atoms with Crippen LogP contribution in [-0.4, -0.2) is 16.0 Å². The smallest absolute Gasteiger partial charge is 0.270 e. The van der Waals surface area contributed by atoms with Gasteiger partial charge in [-0.2, -0.15) is 0 Å². The van der Waals surface area contributed by atoms with Crippen LogP contribution in [0.3, 0.4) is 0 Å². The number of carbonyl (C=O) groups is 1. The van der Waals surface area contributed by atoms with Gasteiger partial charge in [-0.05, 0) is 41.6 Å². The summed E-state index contributed by atoms with van der Waals surface area (Å²) < 4.78 is 5.76. The highest BCUT2D eigenvalue weighted by molar-refractivity contribution is 8.18. The summed E-state index contributed by atoms with van der Waals surface area (Å²) in [5.41, 5.74) is 1.10. The molecule has 1 aliphatic rings. The van der Waals surface area contributed by atoms with Crippen LogP contribution in [0.4, 0.5) is 5.69 Å². The van der Waals surface area contributed by atoms with Crippen LogP contribution in [-0.2, 0) is 11.4 Å². The normalized spacial score (nSPS) is 15.2. The second kappa shape index (κ2) is 7.59. The highest BCUT2D eigenvalue weighted by Crippen LogP contribution is 2.31. The molecule has 0 saturated carbocycles. The van der Waals surface area contributed by atoms with Crippen LogP contribution in [0, 0.1) is 15.5 Å². The zero-order valence-electron chi connectivity index (χ0n) is 13.2.